The Hall–Kier alpha value is -0.0400. The third kappa shape index (κ3) is 3.61. The van der Waals surface area contributed by atoms with E-state index in [0.29, 0.717) is 0 Å². The maximum Gasteiger partial charge on any atom is 0.0540 e. The lowest BCUT2D eigenvalue weighted by Gasteiger charge is -2.32. The van der Waals surface area contributed by atoms with Crippen LogP contribution in [0.15, 0.2) is 0 Å². The monoisotopic (exact) mass is 198 g/mol. The van der Waals surface area contributed by atoms with E-state index in [0.717, 1.165) is 30.6 Å². The molecule has 1 aliphatic rings. The number of hydrogen-bond acceptors (Lipinski definition) is 1. The first-order chi connectivity index (χ1) is 6.63. The van der Waals surface area contributed by atoms with Gasteiger partial charge < -0.3 is 5.11 Å². The van der Waals surface area contributed by atoms with Gasteiger partial charge in [0.1, 0.15) is 0 Å². The molecule has 0 aromatic rings. The zero-order valence-corrected chi connectivity index (χ0v) is 10.00. The Morgan fingerprint density at radius 2 is 1.71 bits per heavy atom. The summed E-state index contributed by atoms with van der Waals surface area (Å²) in [4.78, 5) is 0. The third-order valence-corrected chi connectivity index (χ3v) is 3.71. The van der Waals surface area contributed by atoms with Crippen LogP contribution >= 0.6 is 0 Å². The summed E-state index contributed by atoms with van der Waals surface area (Å²) in [6.07, 6.45) is 7.29. The van der Waals surface area contributed by atoms with Crippen LogP contribution in [0, 0.1) is 17.8 Å². The molecule has 1 heteroatoms. The Balaban J connectivity index is 2.36. The lowest BCUT2D eigenvalue weighted by atomic mass is 9.75. The Morgan fingerprint density at radius 3 is 2.14 bits per heavy atom. The molecule has 1 fully saturated rings. The molecule has 0 aliphatic heterocycles. The molecule has 0 radical (unpaired) electrons. The van der Waals surface area contributed by atoms with Crippen LogP contribution in [0.1, 0.15) is 59.3 Å². The van der Waals surface area contributed by atoms with Gasteiger partial charge in [-0.2, -0.15) is 0 Å². The molecule has 0 amide bonds. The molecule has 1 rings (SSSR count). The van der Waals surface area contributed by atoms with Crippen LogP contribution in [0.25, 0.3) is 0 Å². The predicted octanol–water partition coefficient (Wildman–Crippen LogP) is 3.61. The number of hydrogen-bond donors (Lipinski definition) is 1. The smallest absolute Gasteiger partial charge is 0.0540 e. The third-order valence-electron chi connectivity index (χ3n) is 3.71. The minimum Gasteiger partial charge on any atom is -0.393 e. The van der Waals surface area contributed by atoms with E-state index in [4.69, 9.17) is 0 Å². The summed E-state index contributed by atoms with van der Waals surface area (Å²) in [7, 11) is 0. The van der Waals surface area contributed by atoms with Gasteiger partial charge in [0.05, 0.1) is 6.10 Å². The van der Waals surface area contributed by atoms with Crippen molar-refractivity contribution in [2.24, 2.45) is 17.8 Å². The summed E-state index contributed by atoms with van der Waals surface area (Å²) in [6.45, 7) is 6.96. The van der Waals surface area contributed by atoms with Crippen molar-refractivity contribution < 1.29 is 5.11 Å². The van der Waals surface area contributed by atoms with Gasteiger partial charge in [-0.25, -0.2) is 0 Å². The average molecular weight is 198 g/mol. The van der Waals surface area contributed by atoms with Crippen molar-refractivity contribution in [1.82, 2.24) is 0 Å². The first kappa shape index (κ1) is 12.0. The fraction of sp³-hybridized carbons (Fsp3) is 1.00. The molecule has 0 aromatic heterocycles. The van der Waals surface area contributed by atoms with Crippen molar-refractivity contribution in [3.05, 3.63) is 0 Å². The van der Waals surface area contributed by atoms with Crippen molar-refractivity contribution in [3.8, 4) is 0 Å². The van der Waals surface area contributed by atoms with Crippen LogP contribution in [-0.2, 0) is 0 Å². The number of aliphatic hydroxyl groups is 1. The molecule has 0 heterocycles. The molecule has 14 heavy (non-hydrogen) atoms. The van der Waals surface area contributed by atoms with E-state index >= 15 is 0 Å². The molecule has 0 bridgehead atoms. The fourth-order valence-corrected chi connectivity index (χ4v) is 2.87. The van der Waals surface area contributed by atoms with Gasteiger partial charge in [-0.05, 0) is 49.9 Å². The second kappa shape index (κ2) is 5.75. The highest BCUT2D eigenvalue weighted by molar-refractivity contribution is 4.77. The lowest BCUT2D eigenvalue weighted by Crippen LogP contribution is -2.24. The molecule has 0 spiro atoms. The SMILES string of the molecule is CCC(CC(C)C)C1CCC(O)CC1. The summed E-state index contributed by atoms with van der Waals surface area (Å²) in [6, 6.07) is 0. The summed E-state index contributed by atoms with van der Waals surface area (Å²) < 4.78 is 0. The Labute approximate surface area is 88.9 Å². The zero-order valence-electron chi connectivity index (χ0n) is 10.00. The topological polar surface area (TPSA) is 20.2 Å². The molecule has 0 saturated heterocycles. The van der Waals surface area contributed by atoms with E-state index in [-0.39, 0.29) is 6.10 Å². The lowest BCUT2D eigenvalue weighted by molar-refractivity contribution is 0.0853. The standard InChI is InChI=1S/C13H26O/c1-4-11(9-10(2)3)12-5-7-13(14)8-6-12/h10-14H,4-9H2,1-3H3. The summed E-state index contributed by atoms with van der Waals surface area (Å²) in [5.74, 6) is 2.63. The highest BCUT2D eigenvalue weighted by Crippen LogP contribution is 2.35. The maximum atomic E-state index is 9.46. The molecule has 1 aliphatic carbocycles. The van der Waals surface area contributed by atoms with Crippen molar-refractivity contribution in [2.45, 2.75) is 65.4 Å². The fourth-order valence-electron chi connectivity index (χ4n) is 2.87. The minimum absolute atomic E-state index is 0.00260. The molecular formula is C13H26O. The molecule has 1 N–H and O–H groups in total. The van der Waals surface area contributed by atoms with Gasteiger partial charge in [-0.15, -0.1) is 0 Å². The van der Waals surface area contributed by atoms with Gasteiger partial charge in [-0.1, -0.05) is 27.2 Å². The molecule has 1 nitrogen and oxygen atoms in total. The van der Waals surface area contributed by atoms with Crippen molar-refractivity contribution in [3.63, 3.8) is 0 Å². The van der Waals surface area contributed by atoms with Gasteiger partial charge in [-0.3, -0.25) is 0 Å². The van der Waals surface area contributed by atoms with Gasteiger partial charge >= 0.3 is 0 Å². The Bertz CT molecular complexity index is 145. The van der Waals surface area contributed by atoms with E-state index in [2.05, 4.69) is 20.8 Å². The largest absolute Gasteiger partial charge is 0.393 e. The van der Waals surface area contributed by atoms with Gasteiger partial charge in [0.2, 0.25) is 0 Å². The molecule has 1 unspecified atom stereocenters. The number of rotatable bonds is 4. The second-order valence-electron chi connectivity index (χ2n) is 5.37. The summed E-state index contributed by atoms with van der Waals surface area (Å²) in [5.41, 5.74) is 0. The van der Waals surface area contributed by atoms with E-state index < -0.39 is 0 Å². The first-order valence-corrected chi connectivity index (χ1v) is 6.31. The Morgan fingerprint density at radius 1 is 1.14 bits per heavy atom. The molecule has 84 valence electrons. The minimum atomic E-state index is 0.00260. The van der Waals surface area contributed by atoms with Gasteiger partial charge in [0.25, 0.3) is 0 Å². The average Bonchev–Trinajstić information content (AvgIpc) is 2.15. The molecule has 1 saturated carbocycles. The molecule has 1 atom stereocenters. The zero-order chi connectivity index (χ0) is 10.6. The molecule has 0 aromatic carbocycles. The van der Waals surface area contributed by atoms with Crippen LogP contribution in [0.2, 0.25) is 0 Å². The molecular weight excluding hydrogens is 172 g/mol. The quantitative estimate of drug-likeness (QED) is 0.731. The van der Waals surface area contributed by atoms with Crippen molar-refractivity contribution >= 4 is 0 Å². The van der Waals surface area contributed by atoms with Crippen LogP contribution in [0.4, 0.5) is 0 Å². The second-order valence-corrected chi connectivity index (χ2v) is 5.37. The van der Waals surface area contributed by atoms with E-state index in [9.17, 15) is 5.11 Å². The van der Waals surface area contributed by atoms with E-state index in [1.54, 1.807) is 0 Å². The predicted molar refractivity (Wildman–Crippen MR) is 61.2 cm³/mol. The van der Waals surface area contributed by atoms with Crippen molar-refractivity contribution in [1.29, 1.82) is 0 Å². The van der Waals surface area contributed by atoms with E-state index in [1.165, 1.54) is 25.7 Å². The number of aliphatic hydroxyl groups excluding tert-OH is 1. The normalized spacial score (nSPS) is 30.6. The first-order valence-electron chi connectivity index (χ1n) is 6.31. The van der Waals surface area contributed by atoms with Gasteiger partial charge in [0, 0.05) is 0 Å². The van der Waals surface area contributed by atoms with Crippen LogP contribution in [-0.4, -0.2) is 11.2 Å². The van der Waals surface area contributed by atoms with Crippen LogP contribution in [0.5, 0.6) is 0 Å². The van der Waals surface area contributed by atoms with Crippen LogP contribution < -0.4 is 0 Å². The van der Waals surface area contributed by atoms with Crippen LogP contribution in [0.3, 0.4) is 0 Å². The highest BCUT2D eigenvalue weighted by Gasteiger charge is 2.25. The summed E-state index contributed by atoms with van der Waals surface area (Å²) >= 11 is 0. The van der Waals surface area contributed by atoms with Gasteiger partial charge in [0.15, 0.2) is 0 Å². The highest BCUT2D eigenvalue weighted by atomic mass is 16.3. The summed E-state index contributed by atoms with van der Waals surface area (Å²) in [5, 5.41) is 9.46. The van der Waals surface area contributed by atoms with E-state index in [1.807, 2.05) is 0 Å². The maximum absolute atomic E-state index is 9.46. The Kier molecular flexibility index (Phi) is 4.94. The van der Waals surface area contributed by atoms with Crippen molar-refractivity contribution in [2.75, 3.05) is 0 Å².